The third-order valence-corrected chi connectivity index (χ3v) is 3.13. The van der Waals surface area contributed by atoms with Crippen molar-refractivity contribution in [1.29, 1.82) is 0 Å². The van der Waals surface area contributed by atoms with Crippen LogP contribution in [0.3, 0.4) is 0 Å². The second-order valence-corrected chi connectivity index (χ2v) is 4.45. The summed E-state index contributed by atoms with van der Waals surface area (Å²) in [6, 6.07) is 12.6. The molecule has 1 heterocycles. The number of aromatic nitrogens is 3. The Labute approximate surface area is 119 Å². The molecule has 106 valence electrons. The Bertz CT molecular complexity index is 759. The summed E-state index contributed by atoms with van der Waals surface area (Å²) in [5.41, 5.74) is 0.765. The largest absolute Gasteiger partial charge is 0.382 e. The van der Waals surface area contributed by atoms with E-state index in [9.17, 15) is 13.9 Å². The molecular weight excluding hydrogens is 276 g/mol. The zero-order valence-corrected chi connectivity index (χ0v) is 10.8. The number of para-hydroxylation sites is 1. The topological polar surface area (TPSA) is 50.9 Å². The lowest BCUT2D eigenvalue weighted by molar-refractivity contribution is 0.205. The highest BCUT2D eigenvalue weighted by molar-refractivity contribution is 5.35. The van der Waals surface area contributed by atoms with Crippen LogP contribution in [-0.2, 0) is 0 Å². The van der Waals surface area contributed by atoms with Gasteiger partial charge in [0, 0.05) is 5.56 Å². The van der Waals surface area contributed by atoms with Crippen LogP contribution in [0.25, 0.3) is 5.69 Å². The SMILES string of the molecule is OC(c1cccc(F)c1F)c1cnnn1-c1ccccc1. The first kappa shape index (κ1) is 13.4. The van der Waals surface area contributed by atoms with Crippen molar-refractivity contribution in [2.45, 2.75) is 6.10 Å². The molecule has 4 nitrogen and oxygen atoms in total. The molecule has 6 heteroatoms. The molecule has 21 heavy (non-hydrogen) atoms. The quantitative estimate of drug-likeness (QED) is 0.805. The van der Waals surface area contributed by atoms with Gasteiger partial charge in [-0.3, -0.25) is 0 Å². The lowest BCUT2D eigenvalue weighted by Crippen LogP contribution is -2.10. The smallest absolute Gasteiger partial charge is 0.165 e. The summed E-state index contributed by atoms with van der Waals surface area (Å²) >= 11 is 0. The van der Waals surface area contributed by atoms with E-state index in [1.807, 2.05) is 6.07 Å². The standard InChI is InChI=1S/C15H11F2N3O/c16-12-8-4-7-11(14(12)17)15(21)13-9-18-19-20(13)10-5-2-1-3-6-10/h1-9,15,21H. The molecule has 1 N–H and O–H groups in total. The molecule has 0 saturated carbocycles. The Morgan fingerprint density at radius 1 is 1.00 bits per heavy atom. The van der Waals surface area contributed by atoms with Crippen molar-refractivity contribution in [1.82, 2.24) is 15.0 Å². The molecule has 0 aliphatic heterocycles. The lowest BCUT2D eigenvalue weighted by Gasteiger charge is -2.13. The van der Waals surface area contributed by atoms with Crippen LogP contribution < -0.4 is 0 Å². The fourth-order valence-electron chi connectivity index (χ4n) is 2.09. The third kappa shape index (κ3) is 2.41. The highest BCUT2D eigenvalue weighted by Crippen LogP contribution is 2.26. The van der Waals surface area contributed by atoms with Crippen LogP contribution in [0, 0.1) is 11.6 Å². The van der Waals surface area contributed by atoms with Crippen molar-refractivity contribution < 1.29 is 13.9 Å². The van der Waals surface area contributed by atoms with Crippen LogP contribution >= 0.6 is 0 Å². The summed E-state index contributed by atoms with van der Waals surface area (Å²) in [4.78, 5) is 0. The number of halogens is 2. The normalized spacial score (nSPS) is 12.3. The average molecular weight is 287 g/mol. The summed E-state index contributed by atoms with van der Waals surface area (Å²) in [6.45, 7) is 0. The number of aliphatic hydroxyl groups is 1. The van der Waals surface area contributed by atoms with Gasteiger partial charge in [-0.15, -0.1) is 5.10 Å². The van der Waals surface area contributed by atoms with Gasteiger partial charge in [0.15, 0.2) is 11.6 Å². The van der Waals surface area contributed by atoms with Crippen molar-refractivity contribution in [2.24, 2.45) is 0 Å². The summed E-state index contributed by atoms with van der Waals surface area (Å²) in [6.07, 6.45) is -0.0435. The fourth-order valence-corrected chi connectivity index (χ4v) is 2.09. The summed E-state index contributed by atoms with van der Waals surface area (Å²) < 4.78 is 28.5. The van der Waals surface area contributed by atoms with Gasteiger partial charge in [-0.05, 0) is 18.2 Å². The van der Waals surface area contributed by atoms with E-state index in [0.717, 1.165) is 6.07 Å². The Kier molecular flexibility index (Phi) is 3.45. The van der Waals surface area contributed by atoms with E-state index >= 15 is 0 Å². The first-order valence-corrected chi connectivity index (χ1v) is 6.26. The number of rotatable bonds is 3. The number of aliphatic hydroxyl groups excluding tert-OH is 1. The predicted molar refractivity (Wildman–Crippen MR) is 71.8 cm³/mol. The van der Waals surface area contributed by atoms with Crippen molar-refractivity contribution in [3.8, 4) is 5.69 Å². The van der Waals surface area contributed by atoms with Crippen molar-refractivity contribution in [2.75, 3.05) is 0 Å². The third-order valence-electron chi connectivity index (χ3n) is 3.13. The minimum atomic E-state index is -1.36. The molecule has 0 amide bonds. The maximum Gasteiger partial charge on any atom is 0.165 e. The van der Waals surface area contributed by atoms with E-state index < -0.39 is 17.7 Å². The maximum atomic E-state index is 13.8. The van der Waals surface area contributed by atoms with Gasteiger partial charge in [0.2, 0.25) is 0 Å². The molecular formula is C15H11F2N3O. The first-order chi connectivity index (χ1) is 10.2. The fraction of sp³-hybridized carbons (Fsp3) is 0.0667. The van der Waals surface area contributed by atoms with Gasteiger partial charge in [-0.1, -0.05) is 35.5 Å². The number of hydrogen-bond donors (Lipinski definition) is 1. The van der Waals surface area contributed by atoms with E-state index in [1.165, 1.54) is 23.0 Å². The molecule has 0 radical (unpaired) electrons. The van der Waals surface area contributed by atoms with Gasteiger partial charge in [0.25, 0.3) is 0 Å². The molecule has 2 aromatic carbocycles. The van der Waals surface area contributed by atoms with Gasteiger partial charge in [0.1, 0.15) is 6.10 Å². The van der Waals surface area contributed by atoms with Crippen molar-refractivity contribution in [3.05, 3.63) is 77.6 Å². The molecule has 3 rings (SSSR count). The summed E-state index contributed by atoms with van der Waals surface area (Å²) in [5.74, 6) is -2.09. The van der Waals surface area contributed by atoms with E-state index in [1.54, 1.807) is 24.3 Å². The molecule has 0 bridgehead atoms. The van der Waals surface area contributed by atoms with E-state index in [2.05, 4.69) is 10.3 Å². The minimum Gasteiger partial charge on any atom is -0.382 e. The van der Waals surface area contributed by atoms with Gasteiger partial charge >= 0.3 is 0 Å². The zero-order chi connectivity index (χ0) is 14.8. The summed E-state index contributed by atoms with van der Waals surface area (Å²) in [7, 11) is 0. The average Bonchev–Trinajstić information content (AvgIpc) is 3.00. The summed E-state index contributed by atoms with van der Waals surface area (Å²) in [5, 5.41) is 17.9. The van der Waals surface area contributed by atoms with Gasteiger partial charge in [-0.25, -0.2) is 13.5 Å². The second-order valence-electron chi connectivity index (χ2n) is 4.45. The molecule has 3 aromatic rings. The lowest BCUT2D eigenvalue weighted by atomic mass is 10.1. The number of benzene rings is 2. The van der Waals surface area contributed by atoms with E-state index in [0.29, 0.717) is 5.69 Å². The Morgan fingerprint density at radius 2 is 1.76 bits per heavy atom. The van der Waals surface area contributed by atoms with E-state index in [-0.39, 0.29) is 11.3 Å². The molecule has 0 saturated heterocycles. The molecule has 0 aliphatic carbocycles. The number of hydrogen-bond acceptors (Lipinski definition) is 3. The van der Waals surface area contributed by atoms with Gasteiger partial charge in [-0.2, -0.15) is 0 Å². The van der Waals surface area contributed by atoms with Gasteiger partial charge < -0.3 is 5.11 Å². The molecule has 0 fully saturated rings. The van der Waals surface area contributed by atoms with Crippen LogP contribution in [0.5, 0.6) is 0 Å². The molecule has 0 spiro atoms. The Morgan fingerprint density at radius 3 is 2.52 bits per heavy atom. The van der Waals surface area contributed by atoms with Crippen LogP contribution in [0.4, 0.5) is 8.78 Å². The molecule has 0 aliphatic rings. The predicted octanol–water partition coefficient (Wildman–Crippen LogP) is 2.63. The van der Waals surface area contributed by atoms with Crippen LogP contribution in [0.15, 0.2) is 54.7 Å². The van der Waals surface area contributed by atoms with Crippen LogP contribution in [-0.4, -0.2) is 20.1 Å². The van der Waals surface area contributed by atoms with Gasteiger partial charge in [0.05, 0.1) is 17.6 Å². The van der Waals surface area contributed by atoms with Crippen LogP contribution in [0.2, 0.25) is 0 Å². The number of nitrogens with zero attached hydrogens (tertiary/aromatic N) is 3. The second kappa shape index (κ2) is 5.41. The van der Waals surface area contributed by atoms with Crippen molar-refractivity contribution in [3.63, 3.8) is 0 Å². The first-order valence-electron chi connectivity index (χ1n) is 6.26. The maximum absolute atomic E-state index is 13.8. The highest BCUT2D eigenvalue weighted by atomic mass is 19.2. The monoisotopic (exact) mass is 287 g/mol. The van der Waals surface area contributed by atoms with Crippen LogP contribution in [0.1, 0.15) is 17.4 Å². The Balaban J connectivity index is 2.06. The molecule has 1 aromatic heterocycles. The molecule has 1 unspecified atom stereocenters. The minimum absolute atomic E-state index is 0.158. The highest BCUT2D eigenvalue weighted by Gasteiger charge is 2.22. The Hall–Kier alpha value is -2.60. The van der Waals surface area contributed by atoms with E-state index in [4.69, 9.17) is 0 Å². The zero-order valence-electron chi connectivity index (χ0n) is 10.8. The van der Waals surface area contributed by atoms with Crippen molar-refractivity contribution >= 4 is 0 Å². The molecule has 1 atom stereocenters.